The molecule has 0 fully saturated rings. The van der Waals surface area contributed by atoms with Gasteiger partial charge in [-0.05, 0) is 13.8 Å². The fourth-order valence-corrected chi connectivity index (χ4v) is 0.853. The molecule has 0 rings (SSSR count). The number of hydrogen-bond donors (Lipinski definition) is 2. The molecular formula is C11H18O6. The van der Waals surface area contributed by atoms with Crippen molar-refractivity contribution in [2.24, 2.45) is 0 Å². The number of ether oxygens (including phenoxy) is 2. The number of carbonyl (C=O) groups excluding carboxylic acids is 2. The Morgan fingerprint density at radius 2 is 1.59 bits per heavy atom. The Morgan fingerprint density at radius 1 is 1.12 bits per heavy atom. The number of hydrogen-bond acceptors (Lipinski definition) is 6. The molecule has 2 unspecified atom stereocenters. The fraction of sp³-hybridized carbons (Fsp3) is 0.636. The molecule has 6 heteroatoms. The van der Waals surface area contributed by atoms with Gasteiger partial charge in [-0.3, -0.25) is 4.79 Å². The Morgan fingerprint density at radius 3 is 2.06 bits per heavy atom. The van der Waals surface area contributed by atoms with Gasteiger partial charge < -0.3 is 19.7 Å². The van der Waals surface area contributed by atoms with Crippen molar-refractivity contribution < 1.29 is 29.3 Å². The first-order valence-corrected chi connectivity index (χ1v) is 5.20. The second-order valence-corrected chi connectivity index (χ2v) is 3.66. The Balaban J connectivity index is 4.08. The minimum absolute atomic E-state index is 0.0551. The summed E-state index contributed by atoms with van der Waals surface area (Å²) in [6.07, 6.45) is -1.57. The average Bonchev–Trinajstić information content (AvgIpc) is 2.28. The third-order valence-corrected chi connectivity index (χ3v) is 1.80. The van der Waals surface area contributed by atoms with E-state index in [9.17, 15) is 9.59 Å². The molecule has 17 heavy (non-hydrogen) atoms. The van der Waals surface area contributed by atoms with E-state index in [-0.39, 0.29) is 25.2 Å². The normalized spacial score (nSPS) is 13.6. The van der Waals surface area contributed by atoms with E-state index in [0.717, 1.165) is 0 Å². The van der Waals surface area contributed by atoms with Crippen LogP contribution in [-0.2, 0) is 19.1 Å². The number of aliphatic hydroxyl groups is 2. The van der Waals surface area contributed by atoms with Gasteiger partial charge in [0.2, 0.25) is 0 Å². The van der Waals surface area contributed by atoms with E-state index in [1.165, 1.54) is 13.8 Å². The first kappa shape index (κ1) is 15.6. The Hall–Kier alpha value is -1.40. The van der Waals surface area contributed by atoms with Crippen LogP contribution in [0.2, 0.25) is 0 Å². The summed E-state index contributed by atoms with van der Waals surface area (Å²) in [6, 6.07) is 0. The molecule has 6 nitrogen and oxygen atoms in total. The van der Waals surface area contributed by atoms with Crippen LogP contribution in [0.5, 0.6) is 0 Å². The molecular weight excluding hydrogens is 228 g/mol. The zero-order chi connectivity index (χ0) is 13.4. The van der Waals surface area contributed by atoms with Crippen molar-refractivity contribution in [1.82, 2.24) is 0 Å². The minimum Gasteiger partial charge on any atom is -0.460 e. The standard InChI is InChI=1S/C11H18O6/c1-7(11(15)17-9(3)6-13)4-10(14)16-8(2)5-12/h8-9,12-13H,1,4-6H2,2-3H3. The summed E-state index contributed by atoms with van der Waals surface area (Å²) in [5, 5.41) is 17.3. The van der Waals surface area contributed by atoms with Gasteiger partial charge in [0, 0.05) is 5.57 Å². The predicted octanol–water partition coefficient (Wildman–Crippen LogP) is -0.219. The molecule has 0 saturated heterocycles. The van der Waals surface area contributed by atoms with Crippen LogP contribution in [0, 0.1) is 0 Å². The van der Waals surface area contributed by atoms with Crippen LogP contribution in [0.25, 0.3) is 0 Å². The van der Waals surface area contributed by atoms with Gasteiger partial charge >= 0.3 is 11.9 Å². The molecule has 98 valence electrons. The quantitative estimate of drug-likeness (QED) is 0.476. The van der Waals surface area contributed by atoms with Crippen LogP contribution >= 0.6 is 0 Å². The maximum Gasteiger partial charge on any atom is 0.334 e. The summed E-state index contributed by atoms with van der Waals surface area (Å²) in [6.45, 7) is 5.84. The van der Waals surface area contributed by atoms with Crippen LogP contribution in [0.1, 0.15) is 20.3 Å². The van der Waals surface area contributed by atoms with Crippen LogP contribution < -0.4 is 0 Å². The highest BCUT2D eigenvalue weighted by Crippen LogP contribution is 2.06. The molecule has 0 aliphatic rings. The van der Waals surface area contributed by atoms with E-state index < -0.39 is 24.1 Å². The molecule has 0 heterocycles. The zero-order valence-corrected chi connectivity index (χ0v) is 10.0. The molecule has 0 aliphatic heterocycles. The van der Waals surface area contributed by atoms with E-state index in [4.69, 9.17) is 19.7 Å². The zero-order valence-electron chi connectivity index (χ0n) is 10.0. The third kappa shape index (κ3) is 6.70. The topological polar surface area (TPSA) is 93.1 Å². The molecule has 0 aromatic carbocycles. The highest BCUT2D eigenvalue weighted by atomic mass is 16.6. The van der Waals surface area contributed by atoms with Crippen molar-refractivity contribution >= 4 is 11.9 Å². The van der Waals surface area contributed by atoms with Crippen LogP contribution in [0.15, 0.2) is 12.2 Å². The predicted molar refractivity (Wildman–Crippen MR) is 59.0 cm³/mol. The van der Waals surface area contributed by atoms with E-state index in [2.05, 4.69) is 6.58 Å². The molecule has 0 bridgehead atoms. The Labute approximate surface area is 99.8 Å². The third-order valence-electron chi connectivity index (χ3n) is 1.80. The van der Waals surface area contributed by atoms with Crippen molar-refractivity contribution in [2.45, 2.75) is 32.5 Å². The van der Waals surface area contributed by atoms with Gasteiger partial charge in [-0.2, -0.15) is 0 Å². The van der Waals surface area contributed by atoms with Crippen LogP contribution in [0.3, 0.4) is 0 Å². The molecule has 0 saturated carbocycles. The van der Waals surface area contributed by atoms with Gasteiger partial charge in [-0.25, -0.2) is 4.79 Å². The number of rotatable bonds is 7. The van der Waals surface area contributed by atoms with E-state index in [1.54, 1.807) is 0 Å². The molecule has 0 radical (unpaired) electrons. The lowest BCUT2D eigenvalue weighted by molar-refractivity contribution is -0.152. The first-order chi connectivity index (χ1) is 7.90. The number of aliphatic hydroxyl groups excluding tert-OH is 2. The van der Waals surface area contributed by atoms with Crippen molar-refractivity contribution in [3.8, 4) is 0 Å². The molecule has 0 spiro atoms. The van der Waals surface area contributed by atoms with Gasteiger partial charge in [-0.1, -0.05) is 6.58 Å². The summed E-state index contributed by atoms with van der Waals surface area (Å²) in [7, 11) is 0. The fourth-order valence-electron chi connectivity index (χ4n) is 0.853. The van der Waals surface area contributed by atoms with Crippen molar-refractivity contribution in [1.29, 1.82) is 0 Å². The Kier molecular flexibility index (Phi) is 7.16. The molecule has 0 aliphatic carbocycles. The maximum absolute atomic E-state index is 11.3. The lowest BCUT2D eigenvalue weighted by atomic mass is 10.2. The summed E-state index contributed by atoms with van der Waals surface area (Å²) in [5.74, 6) is -1.41. The molecule has 2 N–H and O–H groups in total. The average molecular weight is 246 g/mol. The molecule has 2 atom stereocenters. The lowest BCUT2D eigenvalue weighted by Gasteiger charge is -2.13. The van der Waals surface area contributed by atoms with Crippen molar-refractivity contribution in [3.05, 3.63) is 12.2 Å². The second kappa shape index (κ2) is 7.81. The monoisotopic (exact) mass is 246 g/mol. The maximum atomic E-state index is 11.3. The highest BCUT2D eigenvalue weighted by molar-refractivity contribution is 5.93. The van der Waals surface area contributed by atoms with Gasteiger partial charge in [0.25, 0.3) is 0 Å². The SMILES string of the molecule is C=C(CC(=O)OC(C)CO)C(=O)OC(C)CO. The van der Waals surface area contributed by atoms with Gasteiger partial charge in [0.15, 0.2) is 0 Å². The van der Waals surface area contributed by atoms with Gasteiger partial charge in [-0.15, -0.1) is 0 Å². The lowest BCUT2D eigenvalue weighted by Crippen LogP contribution is -2.23. The smallest absolute Gasteiger partial charge is 0.334 e. The second-order valence-electron chi connectivity index (χ2n) is 3.66. The van der Waals surface area contributed by atoms with E-state index in [1.807, 2.05) is 0 Å². The van der Waals surface area contributed by atoms with Crippen molar-refractivity contribution in [2.75, 3.05) is 13.2 Å². The van der Waals surface area contributed by atoms with E-state index in [0.29, 0.717) is 0 Å². The van der Waals surface area contributed by atoms with Gasteiger partial charge in [0.05, 0.1) is 19.6 Å². The van der Waals surface area contributed by atoms with Crippen LogP contribution in [-0.4, -0.2) is 47.6 Å². The summed E-state index contributed by atoms with van der Waals surface area (Å²) in [5.41, 5.74) is -0.0551. The van der Waals surface area contributed by atoms with Gasteiger partial charge in [0.1, 0.15) is 12.2 Å². The Bertz CT molecular complexity index is 286. The van der Waals surface area contributed by atoms with E-state index >= 15 is 0 Å². The molecule has 0 amide bonds. The number of esters is 2. The summed E-state index contributed by atoms with van der Waals surface area (Å²) >= 11 is 0. The summed E-state index contributed by atoms with van der Waals surface area (Å²) < 4.78 is 9.49. The highest BCUT2D eigenvalue weighted by Gasteiger charge is 2.17. The summed E-state index contributed by atoms with van der Waals surface area (Å²) in [4.78, 5) is 22.5. The first-order valence-electron chi connectivity index (χ1n) is 5.20. The number of carbonyl (C=O) groups is 2. The largest absolute Gasteiger partial charge is 0.460 e. The van der Waals surface area contributed by atoms with Crippen molar-refractivity contribution in [3.63, 3.8) is 0 Å². The minimum atomic E-state index is -0.750. The molecule has 0 aromatic heterocycles. The molecule has 0 aromatic rings. The van der Waals surface area contributed by atoms with Crippen LogP contribution in [0.4, 0.5) is 0 Å².